The van der Waals surface area contributed by atoms with E-state index in [1.54, 1.807) is 13.5 Å². The van der Waals surface area contributed by atoms with Gasteiger partial charge in [-0.3, -0.25) is 0 Å². The van der Waals surface area contributed by atoms with Gasteiger partial charge in [0.25, 0.3) is 0 Å². The number of rotatable bonds is 3. The van der Waals surface area contributed by atoms with Crippen LogP contribution in [-0.4, -0.2) is 11.5 Å². The van der Waals surface area contributed by atoms with Gasteiger partial charge in [0.05, 0.1) is 0 Å². The second-order valence-corrected chi connectivity index (χ2v) is 4.85. The molecule has 0 aromatic heterocycles. The average molecular weight is 156 g/mol. The van der Waals surface area contributed by atoms with Gasteiger partial charge in [0.2, 0.25) is 0 Å². The lowest BCUT2D eigenvalue weighted by atomic mass is 10.4. The van der Waals surface area contributed by atoms with Gasteiger partial charge in [-0.1, -0.05) is 19.1 Å². The maximum Gasteiger partial charge on any atom is -0.00758 e. The molecule has 1 rings (SSSR count). The summed E-state index contributed by atoms with van der Waals surface area (Å²) < 4.78 is 0. The summed E-state index contributed by atoms with van der Waals surface area (Å²) in [4.78, 5) is 0. The minimum absolute atomic E-state index is 1.04. The lowest BCUT2D eigenvalue weighted by Crippen LogP contribution is -1.85. The zero-order valence-electron chi connectivity index (χ0n) is 7.22. The zero-order chi connectivity index (χ0) is 7.56. The molecule has 10 heavy (non-hydrogen) atoms. The Morgan fingerprint density at radius 1 is 1.60 bits per heavy atom. The van der Waals surface area contributed by atoms with Gasteiger partial charge >= 0.3 is 0 Å². The van der Waals surface area contributed by atoms with Crippen LogP contribution in [0.4, 0.5) is 0 Å². The summed E-state index contributed by atoms with van der Waals surface area (Å²) in [5.74, 6) is 2.11. The van der Waals surface area contributed by atoms with E-state index in [1.165, 1.54) is 19.0 Å². The Morgan fingerprint density at radius 3 is 2.60 bits per heavy atom. The Balaban J connectivity index is 2.15. The molecule has 0 bridgehead atoms. The predicted molar refractivity (Wildman–Crippen MR) is 50.0 cm³/mol. The lowest BCUT2D eigenvalue weighted by Gasteiger charge is -1.92. The molecular weight excluding hydrogens is 139 g/mol. The minimum Gasteiger partial charge on any atom is -0.105 e. The number of hydrogen-bond donors (Lipinski definition) is 0. The molecule has 0 radical (unpaired) electrons. The molecule has 0 heterocycles. The fraction of sp³-hybridized carbons (Fsp3) is 0.889. The van der Waals surface area contributed by atoms with Crippen molar-refractivity contribution in [3.05, 3.63) is 0 Å². The first-order valence-electron chi connectivity index (χ1n) is 4.24. The van der Waals surface area contributed by atoms with Gasteiger partial charge in [-0.25, -0.2) is 0 Å². The monoisotopic (exact) mass is 156 g/mol. The minimum atomic E-state index is 1.04. The Labute approximate surface area is 65.8 Å². The van der Waals surface area contributed by atoms with Crippen molar-refractivity contribution in [2.75, 3.05) is 6.16 Å². The summed E-state index contributed by atoms with van der Waals surface area (Å²) in [6, 6.07) is 0. The highest BCUT2D eigenvalue weighted by atomic mass is 31.1. The van der Waals surface area contributed by atoms with Gasteiger partial charge < -0.3 is 0 Å². The first kappa shape index (κ1) is 8.27. The van der Waals surface area contributed by atoms with E-state index in [4.69, 9.17) is 0 Å². The van der Waals surface area contributed by atoms with E-state index in [0.717, 1.165) is 11.8 Å². The van der Waals surface area contributed by atoms with Crippen molar-refractivity contribution in [1.29, 1.82) is 0 Å². The Kier molecular flexibility index (Phi) is 2.92. The smallest absolute Gasteiger partial charge is 0.00758 e. The predicted octanol–water partition coefficient (Wildman–Crippen LogP) is 3.19. The molecule has 1 aliphatic rings. The molecule has 0 spiro atoms. The Morgan fingerprint density at radius 2 is 2.20 bits per heavy atom. The number of hydrogen-bond acceptors (Lipinski definition) is 0. The summed E-state index contributed by atoms with van der Waals surface area (Å²) in [6.45, 7) is 6.88. The summed E-state index contributed by atoms with van der Waals surface area (Å²) in [5, 5.41) is 1.65. The zero-order valence-corrected chi connectivity index (χ0v) is 8.12. The van der Waals surface area contributed by atoms with Crippen molar-refractivity contribution in [2.45, 2.75) is 33.6 Å². The molecular formula is C9H17P. The summed E-state index contributed by atoms with van der Waals surface area (Å²) in [6.07, 6.45) is 4.19. The van der Waals surface area contributed by atoms with Crippen molar-refractivity contribution in [3.63, 3.8) is 0 Å². The third kappa shape index (κ3) is 2.42. The highest BCUT2D eigenvalue weighted by Gasteiger charge is 2.31. The molecule has 0 nitrogen and oxygen atoms in total. The molecule has 58 valence electrons. The van der Waals surface area contributed by atoms with E-state index in [9.17, 15) is 0 Å². The summed E-state index contributed by atoms with van der Waals surface area (Å²) in [7, 11) is 1.61. The second-order valence-electron chi connectivity index (χ2n) is 3.40. The van der Waals surface area contributed by atoms with Gasteiger partial charge in [0.15, 0.2) is 0 Å². The second kappa shape index (κ2) is 3.53. The van der Waals surface area contributed by atoms with E-state index in [1.807, 2.05) is 0 Å². The molecule has 0 aromatic rings. The normalized spacial score (nSPS) is 32.5. The fourth-order valence-electron chi connectivity index (χ4n) is 1.04. The largest absolute Gasteiger partial charge is 0.105 e. The standard InChI is InChI=1S/C9H17P/c1-4-8(3)10-6-9-5-7(9)2/h7,9H,4-6H2,1-3H3. The van der Waals surface area contributed by atoms with E-state index >= 15 is 0 Å². The van der Waals surface area contributed by atoms with Gasteiger partial charge in [0.1, 0.15) is 0 Å². The Bertz CT molecular complexity index is 138. The Hall–Kier alpha value is 0.170. The van der Waals surface area contributed by atoms with Crippen LogP contribution in [0, 0.1) is 11.8 Å². The van der Waals surface area contributed by atoms with Crippen LogP contribution >= 0.6 is 8.20 Å². The molecule has 1 aliphatic carbocycles. The van der Waals surface area contributed by atoms with E-state index in [0.29, 0.717) is 0 Å². The molecule has 2 unspecified atom stereocenters. The van der Waals surface area contributed by atoms with Crippen molar-refractivity contribution in [1.82, 2.24) is 0 Å². The maximum absolute atomic E-state index is 2.36. The van der Waals surface area contributed by atoms with Gasteiger partial charge in [-0.05, 0) is 37.8 Å². The molecule has 0 amide bonds. The van der Waals surface area contributed by atoms with Gasteiger partial charge in [-0.2, -0.15) is 0 Å². The van der Waals surface area contributed by atoms with E-state index < -0.39 is 0 Å². The molecule has 1 saturated carbocycles. The van der Waals surface area contributed by atoms with Crippen LogP contribution in [0.15, 0.2) is 0 Å². The van der Waals surface area contributed by atoms with E-state index in [2.05, 4.69) is 20.8 Å². The van der Waals surface area contributed by atoms with Crippen molar-refractivity contribution >= 4 is 13.5 Å². The van der Waals surface area contributed by atoms with Crippen LogP contribution in [0.25, 0.3) is 0 Å². The topological polar surface area (TPSA) is 0 Å². The SMILES string of the molecule is CCC(C)=PCC1CC1C. The lowest BCUT2D eigenvalue weighted by molar-refractivity contribution is 0.845. The average Bonchev–Trinajstić information content (AvgIpc) is 2.61. The molecule has 0 N–H and O–H groups in total. The third-order valence-electron chi connectivity index (χ3n) is 2.38. The van der Waals surface area contributed by atoms with Crippen molar-refractivity contribution in [3.8, 4) is 0 Å². The summed E-state index contributed by atoms with van der Waals surface area (Å²) in [5.41, 5.74) is 0. The highest BCUT2D eigenvalue weighted by Crippen LogP contribution is 2.40. The van der Waals surface area contributed by atoms with Crippen molar-refractivity contribution in [2.24, 2.45) is 11.8 Å². The summed E-state index contributed by atoms with van der Waals surface area (Å²) >= 11 is 0. The van der Waals surface area contributed by atoms with Crippen molar-refractivity contribution < 1.29 is 0 Å². The van der Waals surface area contributed by atoms with Crippen LogP contribution in [0.3, 0.4) is 0 Å². The molecule has 1 fully saturated rings. The van der Waals surface area contributed by atoms with Crippen LogP contribution in [0.1, 0.15) is 33.6 Å². The van der Waals surface area contributed by atoms with Gasteiger partial charge in [0, 0.05) is 0 Å². The van der Waals surface area contributed by atoms with Crippen LogP contribution in [0.2, 0.25) is 0 Å². The molecule has 1 heteroatoms. The molecule has 0 aromatic carbocycles. The van der Waals surface area contributed by atoms with Gasteiger partial charge in [-0.15, -0.1) is 8.20 Å². The van der Waals surface area contributed by atoms with Crippen LogP contribution < -0.4 is 0 Å². The molecule has 0 aliphatic heterocycles. The molecule has 2 atom stereocenters. The van der Waals surface area contributed by atoms with E-state index in [-0.39, 0.29) is 0 Å². The third-order valence-corrected chi connectivity index (χ3v) is 3.89. The van der Waals surface area contributed by atoms with Crippen LogP contribution in [-0.2, 0) is 0 Å². The van der Waals surface area contributed by atoms with Crippen LogP contribution in [0.5, 0.6) is 0 Å². The maximum atomic E-state index is 2.36. The fourth-order valence-corrected chi connectivity index (χ4v) is 2.32. The first-order valence-corrected chi connectivity index (χ1v) is 5.32. The molecule has 0 saturated heterocycles. The highest BCUT2D eigenvalue weighted by molar-refractivity contribution is 7.40. The first-order chi connectivity index (χ1) is 4.74. The quantitative estimate of drug-likeness (QED) is 0.550.